The third-order valence-corrected chi connectivity index (χ3v) is 16.1. The lowest BCUT2D eigenvalue weighted by molar-refractivity contribution is -0.233. The van der Waals surface area contributed by atoms with E-state index in [1.807, 2.05) is 26.0 Å². The molecule has 2 N–H and O–H groups in total. The molecule has 9 heteroatoms. The highest BCUT2D eigenvalue weighted by Gasteiger charge is 2.71. The smallest absolute Gasteiger partial charge is 0.309 e. The molecule has 0 radical (unpaired) electrons. The van der Waals surface area contributed by atoms with Crippen molar-refractivity contribution in [3.05, 3.63) is 46.0 Å². The van der Waals surface area contributed by atoms with E-state index in [-0.39, 0.29) is 64.8 Å². The Hall–Kier alpha value is -3.00. The zero-order valence-electron chi connectivity index (χ0n) is 33.2. The van der Waals surface area contributed by atoms with E-state index in [4.69, 9.17) is 16.3 Å². The summed E-state index contributed by atoms with van der Waals surface area (Å²) < 4.78 is 6.13. The summed E-state index contributed by atoms with van der Waals surface area (Å²) >= 11 is 6.05. The first-order chi connectivity index (χ1) is 24.5. The van der Waals surface area contributed by atoms with Crippen LogP contribution in [0.1, 0.15) is 132 Å². The Morgan fingerprint density at radius 3 is 2.19 bits per heavy atom. The van der Waals surface area contributed by atoms with Crippen molar-refractivity contribution in [2.24, 2.45) is 56.2 Å². The minimum Gasteiger partial charge on any atom is -0.481 e. The van der Waals surface area contributed by atoms with Gasteiger partial charge >= 0.3 is 11.9 Å². The van der Waals surface area contributed by atoms with Gasteiger partial charge in [-0.3, -0.25) is 24.0 Å². The molecular weight excluding hydrogens is 690 g/mol. The van der Waals surface area contributed by atoms with Gasteiger partial charge in [0.15, 0.2) is 5.78 Å². The van der Waals surface area contributed by atoms with Crippen LogP contribution >= 0.6 is 11.6 Å². The third kappa shape index (κ3) is 6.12. The average molecular weight is 750 g/mol. The van der Waals surface area contributed by atoms with Gasteiger partial charge in [-0.25, -0.2) is 0 Å². The highest BCUT2D eigenvalue weighted by molar-refractivity contribution is 6.40. The molecule has 53 heavy (non-hydrogen) atoms. The molecule has 0 heterocycles. The van der Waals surface area contributed by atoms with Gasteiger partial charge in [0, 0.05) is 23.4 Å². The van der Waals surface area contributed by atoms with Gasteiger partial charge in [0.25, 0.3) is 5.91 Å². The standard InChI is InChI=1S/C44H60ClNO7/c1-25(2)34-29(47)22-44(36(49)37(50)46-24-26-10-12-27(45)13-11-26)21-20-42(8)28(35(34)44)14-15-31-41(7)18-17-32(53-33(48)23-39(3,4)38(51)52)40(5,6)30(41)16-19-43(31,42)9/h10-13,25,28,30-32H,14-24H2,1-9H3,(H,46,50)(H,51,52). The molecule has 0 aliphatic heterocycles. The van der Waals surface area contributed by atoms with Crippen molar-refractivity contribution in [1.29, 1.82) is 0 Å². The Balaban J connectivity index is 1.28. The van der Waals surface area contributed by atoms with Crippen LogP contribution < -0.4 is 5.32 Å². The SMILES string of the molecule is CC(C)C1=C2C3CCC4C5(C)CCC(OC(=O)CC(C)(C)C(=O)O)C(C)(C)C5CCC4(C)C3(C)CCC2(C(=O)C(=O)NCc2ccc(Cl)cc2)CC1=O. The van der Waals surface area contributed by atoms with Gasteiger partial charge in [0.05, 0.1) is 17.3 Å². The number of amides is 1. The van der Waals surface area contributed by atoms with E-state index in [0.717, 1.165) is 61.7 Å². The number of ketones is 2. The molecule has 0 aromatic heterocycles. The fraction of sp³-hybridized carbons (Fsp3) is 0.705. The number of hydrogen-bond acceptors (Lipinski definition) is 6. The first-order valence-electron chi connectivity index (χ1n) is 19.8. The molecule has 0 spiro atoms. The van der Waals surface area contributed by atoms with E-state index in [0.29, 0.717) is 23.3 Å². The molecule has 8 nitrogen and oxygen atoms in total. The van der Waals surface area contributed by atoms with Crippen LogP contribution in [0, 0.1) is 56.2 Å². The maximum Gasteiger partial charge on any atom is 0.309 e. The number of benzene rings is 1. The predicted octanol–water partition coefficient (Wildman–Crippen LogP) is 8.92. The maximum atomic E-state index is 14.5. The van der Waals surface area contributed by atoms with Crippen LogP contribution in [0.25, 0.3) is 0 Å². The summed E-state index contributed by atoms with van der Waals surface area (Å²) in [7, 11) is 0. The van der Waals surface area contributed by atoms with Crippen LogP contribution in [0.4, 0.5) is 0 Å². The second-order valence-electron chi connectivity index (χ2n) is 19.6. The van der Waals surface area contributed by atoms with Crippen molar-refractivity contribution >= 4 is 41.0 Å². The zero-order valence-corrected chi connectivity index (χ0v) is 34.0. The van der Waals surface area contributed by atoms with Crippen LogP contribution in [0.2, 0.25) is 5.02 Å². The molecule has 0 bridgehead atoms. The number of halogens is 1. The lowest BCUT2D eigenvalue weighted by Gasteiger charge is -2.72. The number of ether oxygens (including phenoxy) is 1. The van der Waals surface area contributed by atoms with Gasteiger partial charge in [0.2, 0.25) is 5.78 Å². The van der Waals surface area contributed by atoms with Gasteiger partial charge in [-0.15, -0.1) is 0 Å². The van der Waals surface area contributed by atoms with Crippen molar-refractivity contribution in [3.63, 3.8) is 0 Å². The molecule has 1 aromatic carbocycles. The van der Waals surface area contributed by atoms with Gasteiger partial charge < -0.3 is 15.2 Å². The van der Waals surface area contributed by atoms with Crippen molar-refractivity contribution in [2.75, 3.05) is 0 Å². The van der Waals surface area contributed by atoms with Crippen LogP contribution in [-0.4, -0.2) is 40.6 Å². The fourth-order valence-electron chi connectivity index (χ4n) is 12.8. The first-order valence-corrected chi connectivity index (χ1v) is 20.2. The maximum absolute atomic E-state index is 14.5. The zero-order chi connectivity index (χ0) is 39.1. The first kappa shape index (κ1) is 39.7. The van der Waals surface area contributed by atoms with Gasteiger partial charge in [0.1, 0.15) is 6.10 Å². The van der Waals surface area contributed by atoms with E-state index in [9.17, 15) is 29.1 Å². The number of fused-ring (bicyclic) bond motifs is 7. The Labute approximate surface area is 320 Å². The number of carbonyl (C=O) groups is 5. The van der Waals surface area contributed by atoms with Gasteiger partial charge in [-0.05, 0) is 134 Å². The summed E-state index contributed by atoms with van der Waals surface area (Å²) in [5.74, 6) is -1.88. The van der Waals surface area contributed by atoms with Gasteiger partial charge in [-0.1, -0.05) is 72.2 Å². The number of carboxylic acid groups (broad SMARTS) is 1. The number of aliphatic carboxylic acids is 1. The molecule has 5 aliphatic rings. The summed E-state index contributed by atoms with van der Waals surface area (Å²) in [5.41, 5.74) is -0.270. The number of hydrogen-bond donors (Lipinski definition) is 2. The van der Waals surface area contributed by atoms with Crippen LogP contribution in [0.5, 0.6) is 0 Å². The molecule has 5 aliphatic carbocycles. The molecule has 1 aromatic rings. The van der Waals surface area contributed by atoms with Crippen molar-refractivity contribution in [1.82, 2.24) is 5.32 Å². The summed E-state index contributed by atoms with van der Waals surface area (Å²) in [6.45, 7) is 19.2. The van der Waals surface area contributed by atoms with Crippen molar-refractivity contribution in [2.45, 2.75) is 139 Å². The molecule has 6 rings (SSSR count). The molecule has 8 unspecified atom stereocenters. The van der Waals surface area contributed by atoms with Crippen molar-refractivity contribution in [3.8, 4) is 0 Å². The predicted molar refractivity (Wildman–Crippen MR) is 204 cm³/mol. The van der Waals surface area contributed by atoms with E-state index in [2.05, 4.69) is 39.9 Å². The summed E-state index contributed by atoms with van der Waals surface area (Å²) in [4.78, 5) is 67.0. The molecule has 290 valence electrons. The van der Waals surface area contributed by atoms with E-state index in [1.54, 1.807) is 26.0 Å². The van der Waals surface area contributed by atoms with E-state index >= 15 is 0 Å². The second kappa shape index (κ2) is 13.3. The number of rotatable bonds is 9. The van der Waals surface area contributed by atoms with Crippen LogP contribution in [-0.2, 0) is 35.3 Å². The Morgan fingerprint density at radius 1 is 0.906 bits per heavy atom. The minimum atomic E-state index is -1.19. The Bertz CT molecular complexity index is 1740. The summed E-state index contributed by atoms with van der Waals surface area (Å²) in [6.07, 6.45) is 6.31. The molecule has 0 saturated heterocycles. The number of carboxylic acids is 1. The molecule has 4 fully saturated rings. The summed E-state index contributed by atoms with van der Waals surface area (Å²) in [6, 6.07) is 7.18. The van der Waals surface area contributed by atoms with Crippen LogP contribution in [0.15, 0.2) is 35.4 Å². The quantitative estimate of drug-likeness (QED) is 0.191. The highest BCUT2D eigenvalue weighted by atomic mass is 35.5. The minimum absolute atomic E-state index is 0.0135. The molecule has 1 amide bonds. The van der Waals surface area contributed by atoms with E-state index < -0.39 is 34.5 Å². The number of Topliss-reactive ketones (excluding diaryl/α,β-unsaturated/α-hetero) is 2. The monoisotopic (exact) mass is 749 g/mol. The topological polar surface area (TPSA) is 127 Å². The molecule has 8 atom stereocenters. The lowest BCUT2D eigenvalue weighted by Crippen LogP contribution is -2.66. The molecule has 4 saturated carbocycles. The third-order valence-electron chi connectivity index (χ3n) is 15.8. The van der Waals surface area contributed by atoms with E-state index in [1.165, 1.54) is 0 Å². The Kier molecular flexibility index (Phi) is 9.99. The van der Waals surface area contributed by atoms with Crippen molar-refractivity contribution < 1.29 is 33.8 Å². The largest absolute Gasteiger partial charge is 0.481 e. The normalized spacial score (nSPS) is 36.2. The fourth-order valence-corrected chi connectivity index (χ4v) is 12.9. The summed E-state index contributed by atoms with van der Waals surface area (Å²) in [5, 5.41) is 13.1. The Morgan fingerprint density at radius 2 is 1.57 bits per heavy atom. The number of esters is 1. The molecular formula is C44H60ClNO7. The second-order valence-corrected chi connectivity index (χ2v) is 20.1. The number of allylic oxidation sites excluding steroid dienone is 2. The number of nitrogens with one attached hydrogen (secondary N) is 1. The van der Waals surface area contributed by atoms with Gasteiger partial charge in [-0.2, -0.15) is 0 Å². The lowest BCUT2D eigenvalue weighted by atomic mass is 9.33. The van der Waals surface area contributed by atoms with Crippen LogP contribution in [0.3, 0.4) is 0 Å². The average Bonchev–Trinajstić information content (AvgIpc) is 3.38. The number of carbonyl (C=O) groups excluding carboxylic acids is 4. The highest BCUT2D eigenvalue weighted by Crippen LogP contribution is 2.76.